The Labute approximate surface area is 84.2 Å². The van der Waals surface area contributed by atoms with Crippen molar-refractivity contribution in [3.8, 4) is 0 Å². The van der Waals surface area contributed by atoms with E-state index < -0.39 is 0 Å². The van der Waals surface area contributed by atoms with Gasteiger partial charge in [0.15, 0.2) is 0 Å². The standard InChI is InChI=1S/C10H18N2S/c1-3-4-5-6-9(11)10-8(2)12-7-13-10/h7,9H,3-6,11H2,1-2H3. The van der Waals surface area contributed by atoms with Crippen molar-refractivity contribution in [2.75, 3.05) is 0 Å². The van der Waals surface area contributed by atoms with Crippen LogP contribution in [0.1, 0.15) is 49.2 Å². The first-order chi connectivity index (χ1) is 6.25. The van der Waals surface area contributed by atoms with E-state index in [4.69, 9.17) is 5.73 Å². The number of unbranched alkanes of at least 4 members (excludes halogenated alkanes) is 2. The summed E-state index contributed by atoms with van der Waals surface area (Å²) in [6, 6.07) is 0.207. The highest BCUT2D eigenvalue weighted by atomic mass is 32.1. The van der Waals surface area contributed by atoms with Crippen LogP contribution in [0, 0.1) is 6.92 Å². The number of aromatic nitrogens is 1. The Hall–Kier alpha value is -0.410. The van der Waals surface area contributed by atoms with Crippen LogP contribution in [0.2, 0.25) is 0 Å². The molecule has 0 spiro atoms. The van der Waals surface area contributed by atoms with E-state index in [0.717, 1.165) is 12.1 Å². The molecular formula is C10H18N2S. The van der Waals surface area contributed by atoms with Gasteiger partial charge < -0.3 is 5.73 Å². The van der Waals surface area contributed by atoms with Crippen LogP contribution in [0.4, 0.5) is 0 Å². The number of nitrogens with zero attached hydrogens (tertiary/aromatic N) is 1. The Morgan fingerprint density at radius 3 is 2.85 bits per heavy atom. The summed E-state index contributed by atoms with van der Waals surface area (Å²) in [4.78, 5) is 5.46. The molecule has 0 aliphatic heterocycles. The molecule has 13 heavy (non-hydrogen) atoms. The van der Waals surface area contributed by atoms with Crippen molar-refractivity contribution in [2.24, 2.45) is 5.73 Å². The zero-order valence-corrected chi connectivity index (χ0v) is 9.23. The first-order valence-corrected chi connectivity index (χ1v) is 5.79. The minimum absolute atomic E-state index is 0.207. The second-order valence-electron chi connectivity index (χ2n) is 3.40. The van der Waals surface area contributed by atoms with E-state index in [1.54, 1.807) is 11.3 Å². The topological polar surface area (TPSA) is 38.9 Å². The highest BCUT2D eigenvalue weighted by Gasteiger charge is 2.10. The molecule has 0 radical (unpaired) electrons. The van der Waals surface area contributed by atoms with Gasteiger partial charge in [0, 0.05) is 10.9 Å². The van der Waals surface area contributed by atoms with E-state index in [-0.39, 0.29) is 6.04 Å². The maximum absolute atomic E-state index is 6.05. The Bertz CT molecular complexity index is 245. The molecule has 0 aromatic carbocycles. The first kappa shape index (κ1) is 10.7. The normalized spacial score (nSPS) is 13.2. The molecule has 0 bridgehead atoms. The lowest BCUT2D eigenvalue weighted by Crippen LogP contribution is -2.09. The van der Waals surface area contributed by atoms with E-state index in [0.29, 0.717) is 0 Å². The van der Waals surface area contributed by atoms with Crippen LogP contribution in [0.5, 0.6) is 0 Å². The lowest BCUT2D eigenvalue weighted by Gasteiger charge is -2.09. The fourth-order valence-electron chi connectivity index (χ4n) is 1.41. The van der Waals surface area contributed by atoms with Crippen LogP contribution in [0.15, 0.2) is 5.51 Å². The lowest BCUT2D eigenvalue weighted by molar-refractivity contribution is 0.585. The Balaban J connectivity index is 2.39. The molecule has 0 saturated heterocycles. The van der Waals surface area contributed by atoms with E-state index in [9.17, 15) is 0 Å². The summed E-state index contributed by atoms with van der Waals surface area (Å²) in [6.45, 7) is 4.25. The van der Waals surface area contributed by atoms with Gasteiger partial charge in [-0.2, -0.15) is 0 Å². The van der Waals surface area contributed by atoms with Gasteiger partial charge in [-0.3, -0.25) is 0 Å². The van der Waals surface area contributed by atoms with Crippen LogP contribution in [-0.2, 0) is 0 Å². The quantitative estimate of drug-likeness (QED) is 0.739. The van der Waals surface area contributed by atoms with Gasteiger partial charge in [-0.05, 0) is 13.3 Å². The molecule has 0 saturated carbocycles. The highest BCUT2D eigenvalue weighted by Crippen LogP contribution is 2.23. The molecule has 0 fully saturated rings. The first-order valence-electron chi connectivity index (χ1n) is 4.91. The van der Waals surface area contributed by atoms with Crippen molar-refractivity contribution < 1.29 is 0 Å². The van der Waals surface area contributed by atoms with Gasteiger partial charge in [0.05, 0.1) is 11.2 Å². The van der Waals surface area contributed by atoms with Crippen molar-refractivity contribution in [1.29, 1.82) is 0 Å². The molecule has 1 aromatic rings. The summed E-state index contributed by atoms with van der Waals surface area (Å²) in [5, 5.41) is 0. The van der Waals surface area contributed by atoms with Crippen LogP contribution < -0.4 is 5.73 Å². The van der Waals surface area contributed by atoms with Gasteiger partial charge in [0.2, 0.25) is 0 Å². The molecule has 1 atom stereocenters. The molecule has 1 heterocycles. The van der Waals surface area contributed by atoms with Crippen LogP contribution in [-0.4, -0.2) is 4.98 Å². The van der Waals surface area contributed by atoms with Gasteiger partial charge in [-0.1, -0.05) is 26.2 Å². The van der Waals surface area contributed by atoms with Gasteiger partial charge in [-0.25, -0.2) is 4.98 Å². The molecule has 0 amide bonds. The second kappa shape index (κ2) is 5.35. The Kier molecular flexibility index (Phi) is 4.39. The fourth-order valence-corrected chi connectivity index (χ4v) is 2.25. The molecule has 3 heteroatoms. The maximum atomic E-state index is 6.05. The van der Waals surface area contributed by atoms with E-state index in [2.05, 4.69) is 11.9 Å². The molecule has 1 aromatic heterocycles. The lowest BCUT2D eigenvalue weighted by atomic mass is 10.1. The van der Waals surface area contributed by atoms with Gasteiger partial charge in [0.1, 0.15) is 0 Å². The summed E-state index contributed by atoms with van der Waals surface area (Å²) >= 11 is 1.68. The van der Waals surface area contributed by atoms with Gasteiger partial charge >= 0.3 is 0 Å². The van der Waals surface area contributed by atoms with Crippen molar-refractivity contribution >= 4 is 11.3 Å². The predicted molar refractivity (Wildman–Crippen MR) is 57.9 cm³/mol. The molecule has 2 N–H and O–H groups in total. The SMILES string of the molecule is CCCCCC(N)c1scnc1C. The van der Waals surface area contributed by atoms with Crippen LogP contribution in [0.25, 0.3) is 0 Å². The third-order valence-corrected chi connectivity index (χ3v) is 3.30. The van der Waals surface area contributed by atoms with E-state index >= 15 is 0 Å². The number of nitrogens with two attached hydrogens (primary N) is 1. The summed E-state index contributed by atoms with van der Waals surface area (Å²) in [7, 11) is 0. The van der Waals surface area contributed by atoms with Gasteiger partial charge in [0.25, 0.3) is 0 Å². The molecule has 1 rings (SSSR count). The van der Waals surface area contributed by atoms with Crippen molar-refractivity contribution in [3.63, 3.8) is 0 Å². The monoisotopic (exact) mass is 198 g/mol. The number of rotatable bonds is 5. The number of hydrogen-bond acceptors (Lipinski definition) is 3. The molecular weight excluding hydrogens is 180 g/mol. The average Bonchev–Trinajstić information content (AvgIpc) is 2.52. The van der Waals surface area contributed by atoms with Gasteiger partial charge in [-0.15, -0.1) is 11.3 Å². The zero-order chi connectivity index (χ0) is 9.68. The van der Waals surface area contributed by atoms with Crippen molar-refractivity contribution in [3.05, 3.63) is 16.1 Å². The molecule has 0 aliphatic rings. The van der Waals surface area contributed by atoms with Crippen LogP contribution >= 0.6 is 11.3 Å². The zero-order valence-electron chi connectivity index (χ0n) is 8.42. The molecule has 74 valence electrons. The minimum Gasteiger partial charge on any atom is -0.323 e. The summed E-state index contributed by atoms with van der Waals surface area (Å²) in [5.74, 6) is 0. The fraction of sp³-hybridized carbons (Fsp3) is 0.700. The number of aryl methyl sites for hydroxylation is 1. The van der Waals surface area contributed by atoms with E-state index in [1.807, 2.05) is 12.4 Å². The highest BCUT2D eigenvalue weighted by molar-refractivity contribution is 7.09. The molecule has 2 nitrogen and oxygen atoms in total. The minimum atomic E-state index is 0.207. The second-order valence-corrected chi connectivity index (χ2v) is 4.29. The van der Waals surface area contributed by atoms with E-state index in [1.165, 1.54) is 24.1 Å². The largest absolute Gasteiger partial charge is 0.323 e. The van der Waals surface area contributed by atoms with Crippen molar-refractivity contribution in [1.82, 2.24) is 4.98 Å². The van der Waals surface area contributed by atoms with Crippen LogP contribution in [0.3, 0.4) is 0 Å². The third kappa shape index (κ3) is 3.08. The summed E-state index contributed by atoms with van der Waals surface area (Å²) < 4.78 is 0. The number of hydrogen-bond donors (Lipinski definition) is 1. The summed E-state index contributed by atoms with van der Waals surface area (Å²) in [6.07, 6.45) is 4.87. The Morgan fingerprint density at radius 2 is 2.31 bits per heavy atom. The predicted octanol–water partition coefficient (Wildman–Crippen LogP) is 3.03. The third-order valence-electron chi connectivity index (χ3n) is 2.24. The van der Waals surface area contributed by atoms with Crippen molar-refractivity contribution in [2.45, 2.75) is 45.6 Å². The smallest absolute Gasteiger partial charge is 0.0798 e. The molecule has 1 unspecified atom stereocenters. The average molecular weight is 198 g/mol. The number of thiazole rings is 1. The Morgan fingerprint density at radius 1 is 1.54 bits per heavy atom. The molecule has 0 aliphatic carbocycles. The summed E-state index contributed by atoms with van der Waals surface area (Å²) in [5.41, 5.74) is 9.04. The maximum Gasteiger partial charge on any atom is 0.0798 e.